The quantitative estimate of drug-likeness (QED) is 0.294. The van der Waals surface area contributed by atoms with Crippen molar-refractivity contribution in [2.45, 2.75) is 77.2 Å². The molecular formula is C17H34O2S. The van der Waals surface area contributed by atoms with E-state index in [0.717, 1.165) is 25.6 Å². The van der Waals surface area contributed by atoms with Crippen LogP contribution in [0.5, 0.6) is 0 Å². The number of ether oxygens (including phenoxy) is 2. The van der Waals surface area contributed by atoms with Crippen LogP contribution >= 0.6 is 11.8 Å². The summed E-state index contributed by atoms with van der Waals surface area (Å²) in [6, 6.07) is 0. The standard InChI is InChI=1S/C17H34O2S/c1-2-3-4-5-6-7-8-9-10-11-13-20-14-12-18-15-17-16-19-17/h17H,2-16H2,1H3. The lowest BCUT2D eigenvalue weighted by atomic mass is 10.1. The summed E-state index contributed by atoms with van der Waals surface area (Å²) in [6.07, 6.45) is 14.7. The molecule has 0 bridgehead atoms. The van der Waals surface area contributed by atoms with Gasteiger partial charge in [-0.15, -0.1) is 0 Å². The molecule has 0 aromatic carbocycles. The van der Waals surface area contributed by atoms with Gasteiger partial charge >= 0.3 is 0 Å². The first-order chi connectivity index (χ1) is 9.93. The van der Waals surface area contributed by atoms with Crippen LogP contribution in [0.3, 0.4) is 0 Å². The Kier molecular flexibility index (Phi) is 13.0. The van der Waals surface area contributed by atoms with Crippen molar-refractivity contribution in [2.75, 3.05) is 31.3 Å². The van der Waals surface area contributed by atoms with Gasteiger partial charge in [0.1, 0.15) is 6.10 Å². The Bertz CT molecular complexity index is 195. The van der Waals surface area contributed by atoms with E-state index in [9.17, 15) is 0 Å². The Morgan fingerprint density at radius 3 is 2.10 bits per heavy atom. The minimum Gasteiger partial charge on any atom is -0.378 e. The monoisotopic (exact) mass is 302 g/mol. The average Bonchev–Trinajstić information content (AvgIpc) is 3.27. The van der Waals surface area contributed by atoms with E-state index in [1.165, 1.54) is 70.0 Å². The molecule has 20 heavy (non-hydrogen) atoms. The molecule has 0 saturated carbocycles. The van der Waals surface area contributed by atoms with Gasteiger partial charge in [-0.05, 0) is 12.2 Å². The van der Waals surface area contributed by atoms with Crippen molar-refractivity contribution >= 4 is 11.8 Å². The number of thioether (sulfide) groups is 1. The normalized spacial score (nSPS) is 17.6. The topological polar surface area (TPSA) is 21.8 Å². The van der Waals surface area contributed by atoms with Gasteiger partial charge in [0.25, 0.3) is 0 Å². The zero-order valence-corrected chi connectivity index (χ0v) is 14.2. The van der Waals surface area contributed by atoms with E-state index in [-0.39, 0.29) is 0 Å². The highest BCUT2D eigenvalue weighted by Crippen LogP contribution is 2.13. The second kappa shape index (κ2) is 14.2. The smallest absolute Gasteiger partial charge is 0.104 e. The molecule has 0 aliphatic carbocycles. The fraction of sp³-hybridized carbons (Fsp3) is 1.00. The lowest BCUT2D eigenvalue weighted by molar-refractivity contribution is 0.130. The Morgan fingerprint density at radius 1 is 0.900 bits per heavy atom. The predicted octanol–water partition coefficient (Wildman–Crippen LogP) is 5.06. The van der Waals surface area contributed by atoms with Crippen LogP contribution in [0, 0.1) is 0 Å². The number of epoxide rings is 1. The van der Waals surface area contributed by atoms with Crippen molar-refractivity contribution < 1.29 is 9.47 Å². The van der Waals surface area contributed by atoms with Crippen LogP contribution < -0.4 is 0 Å². The maximum atomic E-state index is 5.51. The summed E-state index contributed by atoms with van der Waals surface area (Å²) in [5.74, 6) is 2.45. The summed E-state index contributed by atoms with van der Waals surface area (Å²) < 4.78 is 10.6. The molecule has 1 aliphatic rings. The van der Waals surface area contributed by atoms with E-state index < -0.39 is 0 Å². The van der Waals surface area contributed by atoms with Crippen LogP contribution in [0.2, 0.25) is 0 Å². The summed E-state index contributed by atoms with van der Waals surface area (Å²) in [5, 5.41) is 0. The number of hydrogen-bond donors (Lipinski definition) is 0. The van der Waals surface area contributed by atoms with Gasteiger partial charge in [0, 0.05) is 5.75 Å². The molecule has 0 spiro atoms. The van der Waals surface area contributed by atoms with E-state index in [4.69, 9.17) is 9.47 Å². The third-order valence-corrected chi connectivity index (χ3v) is 4.75. The van der Waals surface area contributed by atoms with Crippen LogP contribution in [0.4, 0.5) is 0 Å². The van der Waals surface area contributed by atoms with Gasteiger partial charge in [-0.2, -0.15) is 11.8 Å². The van der Waals surface area contributed by atoms with Gasteiger partial charge in [0.05, 0.1) is 19.8 Å². The lowest BCUT2D eigenvalue weighted by Gasteiger charge is -2.03. The zero-order chi connectivity index (χ0) is 14.3. The third kappa shape index (κ3) is 13.3. The van der Waals surface area contributed by atoms with E-state index in [1.54, 1.807) is 0 Å². The van der Waals surface area contributed by atoms with Crippen molar-refractivity contribution in [3.63, 3.8) is 0 Å². The van der Waals surface area contributed by atoms with Crippen LogP contribution in [0.25, 0.3) is 0 Å². The zero-order valence-electron chi connectivity index (χ0n) is 13.4. The van der Waals surface area contributed by atoms with Crippen molar-refractivity contribution in [3.8, 4) is 0 Å². The number of hydrogen-bond acceptors (Lipinski definition) is 3. The maximum absolute atomic E-state index is 5.51. The van der Waals surface area contributed by atoms with Crippen LogP contribution in [0.15, 0.2) is 0 Å². The first-order valence-corrected chi connectivity index (χ1v) is 9.86. The molecule has 1 aliphatic heterocycles. The molecule has 1 saturated heterocycles. The molecule has 1 rings (SSSR count). The Labute approximate surface area is 130 Å². The highest BCUT2D eigenvalue weighted by atomic mass is 32.2. The number of rotatable bonds is 16. The molecule has 0 aromatic rings. The maximum Gasteiger partial charge on any atom is 0.104 e. The molecule has 0 amide bonds. The highest BCUT2D eigenvalue weighted by Gasteiger charge is 2.21. The molecule has 3 heteroatoms. The summed E-state index contributed by atoms with van der Waals surface area (Å²) >= 11 is 2.04. The molecule has 120 valence electrons. The second-order valence-corrected chi connectivity index (χ2v) is 7.05. The summed E-state index contributed by atoms with van der Waals surface area (Å²) in [7, 11) is 0. The molecule has 1 atom stereocenters. The van der Waals surface area contributed by atoms with Crippen LogP contribution in [-0.4, -0.2) is 37.4 Å². The Balaban J connectivity index is 1.60. The summed E-state index contributed by atoms with van der Waals surface area (Å²) in [5.41, 5.74) is 0. The average molecular weight is 303 g/mol. The first kappa shape index (κ1) is 18.3. The molecule has 2 nitrogen and oxygen atoms in total. The first-order valence-electron chi connectivity index (χ1n) is 8.70. The SMILES string of the molecule is CCCCCCCCCCCCSCCOCC1CO1. The van der Waals surface area contributed by atoms with Crippen LogP contribution in [0.1, 0.15) is 71.1 Å². The van der Waals surface area contributed by atoms with E-state index in [0.29, 0.717) is 6.10 Å². The molecule has 1 unspecified atom stereocenters. The fourth-order valence-corrected chi connectivity index (χ4v) is 3.14. The second-order valence-electron chi connectivity index (χ2n) is 5.82. The molecular weight excluding hydrogens is 268 g/mol. The van der Waals surface area contributed by atoms with E-state index in [2.05, 4.69) is 6.92 Å². The van der Waals surface area contributed by atoms with Crippen molar-refractivity contribution in [1.29, 1.82) is 0 Å². The van der Waals surface area contributed by atoms with Gasteiger partial charge in [0.15, 0.2) is 0 Å². The van der Waals surface area contributed by atoms with E-state index >= 15 is 0 Å². The summed E-state index contributed by atoms with van der Waals surface area (Å²) in [4.78, 5) is 0. The summed E-state index contributed by atoms with van der Waals surface area (Å²) in [6.45, 7) is 4.89. The van der Waals surface area contributed by atoms with Crippen LogP contribution in [-0.2, 0) is 9.47 Å². The molecule has 1 fully saturated rings. The molecule has 0 N–H and O–H groups in total. The van der Waals surface area contributed by atoms with Crippen molar-refractivity contribution in [3.05, 3.63) is 0 Å². The van der Waals surface area contributed by atoms with Gasteiger partial charge < -0.3 is 9.47 Å². The predicted molar refractivity (Wildman–Crippen MR) is 89.7 cm³/mol. The fourth-order valence-electron chi connectivity index (χ4n) is 2.29. The van der Waals surface area contributed by atoms with Gasteiger partial charge in [-0.25, -0.2) is 0 Å². The van der Waals surface area contributed by atoms with Gasteiger partial charge in [0.2, 0.25) is 0 Å². The molecule has 0 radical (unpaired) electrons. The highest BCUT2D eigenvalue weighted by molar-refractivity contribution is 7.99. The largest absolute Gasteiger partial charge is 0.378 e. The minimum atomic E-state index is 0.418. The van der Waals surface area contributed by atoms with Crippen molar-refractivity contribution in [2.24, 2.45) is 0 Å². The molecule has 1 heterocycles. The Hall–Kier alpha value is 0.270. The Morgan fingerprint density at radius 2 is 1.50 bits per heavy atom. The van der Waals surface area contributed by atoms with Crippen molar-refractivity contribution in [1.82, 2.24) is 0 Å². The number of unbranched alkanes of at least 4 members (excludes halogenated alkanes) is 9. The lowest BCUT2D eigenvalue weighted by Crippen LogP contribution is -2.04. The third-order valence-electron chi connectivity index (χ3n) is 3.72. The van der Waals surface area contributed by atoms with E-state index in [1.807, 2.05) is 11.8 Å². The molecule has 0 aromatic heterocycles. The van der Waals surface area contributed by atoms with Gasteiger partial charge in [-0.3, -0.25) is 0 Å². The minimum absolute atomic E-state index is 0.418. The van der Waals surface area contributed by atoms with Gasteiger partial charge in [-0.1, -0.05) is 64.7 Å².